The number of nitrogens with two attached hydrogens (primary N) is 1. The number of H-pyrrole nitrogens is 1. The van der Waals surface area contributed by atoms with E-state index in [4.69, 9.17) is 15.6 Å². The largest absolute Gasteiger partial charge is 0.497 e. The molecule has 9 nitrogen and oxygen atoms in total. The van der Waals surface area contributed by atoms with Gasteiger partial charge in [-0.2, -0.15) is 9.61 Å². The maximum atomic E-state index is 14.2. The van der Waals surface area contributed by atoms with Crippen molar-refractivity contribution in [2.45, 2.75) is 25.7 Å². The molecule has 3 aromatic heterocycles. The van der Waals surface area contributed by atoms with Crippen LogP contribution in [-0.2, 0) is 0 Å². The van der Waals surface area contributed by atoms with Crippen molar-refractivity contribution < 1.29 is 4.74 Å². The van der Waals surface area contributed by atoms with Crippen LogP contribution in [0, 0.1) is 0 Å². The van der Waals surface area contributed by atoms with E-state index >= 15 is 0 Å². The average molecular weight is 506 g/mol. The summed E-state index contributed by atoms with van der Waals surface area (Å²) in [7, 11) is 1.61. The Hall–Kier alpha value is -4.92. The predicted molar refractivity (Wildman–Crippen MR) is 149 cm³/mol. The Kier molecular flexibility index (Phi) is 6.09. The first-order chi connectivity index (χ1) is 18.6. The Morgan fingerprint density at radius 1 is 0.974 bits per heavy atom. The highest BCUT2D eigenvalue weighted by Crippen LogP contribution is 2.37. The molecule has 0 spiro atoms. The molecule has 190 valence electrons. The summed E-state index contributed by atoms with van der Waals surface area (Å²) >= 11 is 0. The van der Waals surface area contributed by atoms with Crippen molar-refractivity contribution in [1.82, 2.24) is 24.6 Å². The summed E-state index contributed by atoms with van der Waals surface area (Å²) in [6.07, 6.45) is 9.45. The minimum atomic E-state index is -0.255. The summed E-state index contributed by atoms with van der Waals surface area (Å²) in [5, 5.41) is 8.13. The molecule has 0 atom stereocenters. The van der Waals surface area contributed by atoms with Crippen molar-refractivity contribution in [2.75, 3.05) is 18.2 Å². The van der Waals surface area contributed by atoms with Gasteiger partial charge in [-0.05, 0) is 49.0 Å². The van der Waals surface area contributed by atoms with E-state index in [0.29, 0.717) is 40.0 Å². The summed E-state index contributed by atoms with van der Waals surface area (Å²) in [4.78, 5) is 26.1. The van der Waals surface area contributed by atoms with Gasteiger partial charge in [0.05, 0.1) is 25.1 Å². The fourth-order valence-corrected chi connectivity index (χ4v) is 4.89. The lowest BCUT2D eigenvalue weighted by atomic mass is 9.92. The van der Waals surface area contributed by atoms with Gasteiger partial charge in [-0.25, -0.2) is 9.97 Å². The number of benzene rings is 2. The molecule has 0 unspecified atom stereocenters. The summed E-state index contributed by atoms with van der Waals surface area (Å²) in [6, 6.07) is 17.3. The quantitative estimate of drug-likeness (QED) is 0.281. The minimum absolute atomic E-state index is 0.255. The summed E-state index contributed by atoms with van der Waals surface area (Å²) < 4.78 is 6.80. The number of aromatic nitrogens is 5. The summed E-state index contributed by atoms with van der Waals surface area (Å²) in [5.74, 6) is 1.95. The standard InChI is InChI=1S/C29H27N7O2/c1-38-21-14-12-19(13-15-21)25-27(33-23-17-31-22(30)16-32-23)34-28-24(18-8-4-2-5-9-18)26(35-36(28)29(25)37)20-10-6-3-7-11-20/h3,6-8,10-17,34H,2,4-5,9H2,1H3,(H2,30,31)(H,32,33). The van der Waals surface area contributed by atoms with Gasteiger partial charge < -0.3 is 20.8 Å². The molecule has 3 heterocycles. The van der Waals surface area contributed by atoms with Gasteiger partial charge in [-0.1, -0.05) is 48.5 Å². The van der Waals surface area contributed by atoms with Gasteiger partial charge in [0.2, 0.25) is 0 Å². The van der Waals surface area contributed by atoms with Gasteiger partial charge in [0.15, 0.2) is 0 Å². The molecule has 1 aliphatic rings. The number of aromatic amines is 1. The number of hydrogen-bond donors (Lipinski definition) is 3. The Labute approximate surface area is 219 Å². The zero-order chi connectivity index (χ0) is 26.1. The molecule has 5 aromatic rings. The number of anilines is 3. The lowest BCUT2D eigenvalue weighted by Gasteiger charge is -2.15. The van der Waals surface area contributed by atoms with E-state index in [0.717, 1.165) is 42.5 Å². The van der Waals surface area contributed by atoms with Crippen molar-refractivity contribution >= 4 is 28.7 Å². The molecule has 2 aromatic carbocycles. The van der Waals surface area contributed by atoms with Gasteiger partial charge in [0.25, 0.3) is 5.56 Å². The van der Waals surface area contributed by atoms with E-state index in [1.165, 1.54) is 22.5 Å². The number of fused-ring (bicyclic) bond motifs is 1. The van der Waals surface area contributed by atoms with E-state index in [-0.39, 0.29) is 5.56 Å². The molecule has 0 amide bonds. The van der Waals surface area contributed by atoms with Crippen LogP contribution in [0.1, 0.15) is 31.2 Å². The summed E-state index contributed by atoms with van der Waals surface area (Å²) in [5.41, 5.74) is 11.1. The van der Waals surface area contributed by atoms with Crippen molar-refractivity contribution in [3.05, 3.63) is 89.0 Å². The highest BCUT2D eigenvalue weighted by molar-refractivity contribution is 5.89. The number of rotatable bonds is 6. The topological polar surface area (TPSA) is 123 Å². The fraction of sp³-hybridized carbons (Fsp3) is 0.172. The number of allylic oxidation sites excluding steroid dienone is 2. The lowest BCUT2D eigenvalue weighted by molar-refractivity contribution is 0.415. The Balaban J connectivity index is 1.64. The van der Waals surface area contributed by atoms with E-state index in [1.54, 1.807) is 7.11 Å². The highest BCUT2D eigenvalue weighted by atomic mass is 16.5. The number of nitrogens with zero attached hydrogens (tertiary/aromatic N) is 4. The molecule has 0 saturated carbocycles. The van der Waals surface area contributed by atoms with Gasteiger partial charge >= 0.3 is 0 Å². The van der Waals surface area contributed by atoms with Crippen LogP contribution >= 0.6 is 0 Å². The van der Waals surface area contributed by atoms with Crippen LogP contribution in [0.3, 0.4) is 0 Å². The molecular formula is C29H27N7O2. The maximum absolute atomic E-state index is 14.2. The molecule has 0 aliphatic heterocycles. The van der Waals surface area contributed by atoms with Crippen LogP contribution in [0.5, 0.6) is 5.75 Å². The van der Waals surface area contributed by atoms with Crippen LogP contribution < -0.4 is 21.3 Å². The minimum Gasteiger partial charge on any atom is -0.497 e. The first-order valence-electron chi connectivity index (χ1n) is 12.5. The first kappa shape index (κ1) is 23.5. The van der Waals surface area contributed by atoms with E-state index < -0.39 is 0 Å². The molecule has 0 radical (unpaired) electrons. The average Bonchev–Trinajstić information content (AvgIpc) is 3.35. The fourth-order valence-electron chi connectivity index (χ4n) is 4.89. The Morgan fingerprint density at radius 3 is 2.47 bits per heavy atom. The molecule has 1 aliphatic carbocycles. The Morgan fingerprint density at radius 2 is 1.79 bits per heavy atom. The smallest absolute Gasteiger partial charge is 0.284 e. The molecule has 0 saturated heterocycles. The molecule has 4 N–H and O–H groups in total. The van der Waals surface area contributed by atoms with E-state index in [2.05, 4.69) is 26.3 Å². The molecule has 0 fully saturated rings. The van der Waals surface area contributed by atoms with Crippen LogP contribution in [0.25, 0.3) is 33.6 Å². The monoisotopic (exact) mass is 505 g/mol. The molecule has 0 bridgehead atoms. The second kappa shape index (κ2) is 9.85. The van der Waals surface area contributed by atoms with Crippen molar-refractivity contribution in [3.8, 4) is 28.1 Å². The van der Waals surface area contributed by atoms with Crippen LogP contribution in [0.15, 0.2) is 77.9 Å². The van der Waals surface area contributed by atoms with E-state index in [9.17, 15) is 4.79 Å². The van der Waals surface area contributed by atoms with Crippen molar-refractivity contribution in [3.63, 3.8) is 0 Å². The molecule has 9 heteroatoms. The van der Waals surface area contributed by atoms with Crippen LogP contribution in [0.4, 0.5) is 17.5 Å². The van der Waals surface area contributed by atoms with Gasteiger partial charge in [-0.15, -0.1) is 0 Å². The van der Waals surface area contributed by atoms with Gasteiger partial charge in [0, 0.05) is 11.1 Å². The Bertz CT molecular complexity index is 1690. The predicted octanol–water partition coefficient (Wildman–Crippen LogP) is 5.44. The zero-order valence-electron chi connectivity index (χ0n) is 20.9. The second-order valence-electron chi connectivity index (χ2n) is 9.19. The van der Waals surface area contributed by atoms with Crippen LogP contribution in [-0.4, -0.2) is 31.7 Å². The highest BCUT2D eigenvalue weighted by Gasteiger charge is 2.24. The first-order valence-corrected chi connectivity index (χ1v) is 12.5. The number of ether oxygens (including phenoxy) is 1. The number of nitrogens with one attached hydrogen (secondary N) is 2. The number of methoxy groups -OCH3 is 1. The molecule has 38 heavy (non-hydrogen) atoms. The van der Waals surface area contributed by atoms with Crippen molar-refractivity contribution in [1.29, 1.82) is 0 Å². The zero-order valence-corrected chi connectivity index (χ0v) is 20.9. The molecular weight excluding hydrogens is 478 g/mol. The lowest BCUT2D eigenvalue weighted by Crippen LogP contribution is -2.20. The van der Waals surface area contributed by atoms with E-state index in [1.807, 2.05) is 54.6 Å². The number of nitrogen functional groups attached to an aromatic ring is 1. The normalized spacial score (nSPS) is 13.3. The third-order valence-electron chi connectivity index (χ3n) is 6.75. The molecule has 6 rings (SSSR count). The van der Waals surface area contributed by atoms with Gasteiger partial charge in [-0.3, -0.25) is 4.79 Å². The van der Waals surface area contributed by atoms with Crippen LogP contribution in [0.2, 0.25) is 0 Å². The third kappa shape index (κ3) is 4.28. The van der Waals surface area contributed by atoms with Crippen molar-refractivity contribution in [2.24, 2.45) is 0 Å². The number of hydrogen-bond acceptors (Lipinski definition) is 7. The SMILES string of the molecule is COc1ccc(-c2c(Nc3cnc(N)cn3)[nH]c3c(C4=CCCCC4)c(-c4ccccc4)nn3c2=O)cc1. The third-order valence-corrected chi connectivity index (χ3v) is 6.75. The van der Waals surface area contributed by atoms with Gasteiger partial charge in [0.1, 0.15) is 34.5 Å². The maximum Gasteiger partial charge on any atom is 0.284 e. The second-order valence-corrected chi connectivity index (χ2v) is 9.19. The summed E-state index contributed by atoms with van der Waals surface area (Å²) in [6.45, 7) is 0.